The number of hydrogen-bond acceptors (Lipinski definition) is 5. The Morgan fingerprint density at radius 1 is 1.39 bits per heavy atom. The number of methoxy groups -OCH3 is 1. The molecule has 5 N–H and O–H groups in total. The molecule has 18 heavy (non-hydrogen) atoms. The zero-order valence-electron chi connectivity index (χ0n) is 10.2. The standard InChI is InChI=1S/C12H17N3O3/c1-18-12(17)8-4-5-9(14)10(7-8)15-11(16)3-2-6-13/h4-5,7H,2-3,6,13-14H2,1H3,(H,15,16). The summed E-state index contributed by atoms with van der Waals surface area (Å²) in [6, 6.07) is 4.57. The van der Waals surface area contributed by atoms with Crippen molar-refractivity contribution < 1.29 is 14.3 Å². The van der Waals surface area contributed by atoms with Crippen LogP contribution in [-0.2, 0) is 9.53 Å². The minimum atomic E-state index is -0.479. The second-order valence-corrected chi connectivity index (χ2v) is 3.73. The predicted molar refractivity (Wildman–Crippen MR) is 69.1 cm³/mol. The molecule has 0 aliphatic heterocycles. The molecule has 1 aromatic rings. The van der Waals surface area contributed by atoms with E-state index >= 15 is 0 Å². The second-order valence-electron chi connectivity index (χ2n) is 3.73. The van der Waals surface area contributed by atoms with Gasteiger partial charge in [-0.15, -0.1) is 0 Å². The van der Waals surface area contributed by atoms with Gasteiger partial charge < -0.3 is 21.5 Å². The van der Waals surface area contributed by atoms with E-state index in [1.54, 1.807) is 6.07 Å². The summed E-state index contributed by atoms with van der Waals surface area (Å²) in [4.78, 5) is 22.9. The summed E-state index contributed by atoms with van der Waals surface area (Å²) in [5.74, 6) is -0.665. The number of ether oxygens (including phenoxy) is 1. The summed E-state index contributed by atoms with van der Waals surface area (Å²) in [5, 5.41) is 2.64. The first-order valence-electron chi connectivity index (χ1n) is 5.56. The number of esters is 1. The first-order chi connectivity index (χ1) is 8.58. The zero-order chi connectivity index (χ0) is 13.5. The van der Waals surface area contributed by atoms with Gasteiger partial charge in [0, 0.05) is 6.42 Å². The summed E-state index contributed by atoms with van der Waals surface area (Å²) in [7, 11) is 1.29. The van der Waals surface area contributed by atoms with E-state index < -0.39 is 5.97 Å². The lowest BCUT2D eigenvalue weighted by atomic mass is 10.1. The molecule has 6 heteroatoms. The SMILES string of the molecule is COC(=O)c1ccc(N)c(NC(=O)CCCN)c1. The Hall–Kier alpha value is -2.08. The van der Waals surface area contributed by atoms with Crippen LogP contribution in [0.2, 0.25) is 0 Å². The van der Waals surface area contributed by atoms with Crippen LogP contribution in [0.3, 0.4) is 0 Å². The van der Waals surface area contributed by atoms with Gasteiger partial charge in [-0.05, 0) is 31.2 Å². The molecule has 98 valence electrons. The molecule has 0 bridgehead atoms. The zero-order valence-corrected chi connectivity index (χ0v) is 10.2. The van der Waals surface area contributed by atoms with Crippen molar-refractivity contribution in [2.45, 2.75) is 12.8 Å². The van der Waals surface area contributed by atoms with Crippen molar-refractivity contribution >= 4 is 23.3 Å². The molecule has 0 heterocycles. The molecule has 0 saturated carbocycles. The maximum atomic E-state index is 11.5. The van der Waals surface area contributed by atoms with E-state index in [1.165, 1.54) is 19.2 Å². The van der Waals surface area contributed by atoms with Crippen LogP contribution >= 0.6 is 0 Å². The number of nitrogen functional groups attached to an aromatic ring is 1. The fourth-order valence-corrected chi connectivity index (χ4v) is 1.38. The molecule has 1 aromatic carbocycles. The fourth-order valence-electron chi connectivity index (χ4n) is 1.38. The molecule has 0 aliphatic carbocycles. The number of nitrogens with one attached hydrogen (secondary N) is 1. The van der Waals surface area contributed by atoms with Crippen molar-refractivity contribution in [2.24, 2.45) is 5.73 Å². The molecule has 0 aromatic heterocycles. The number of hydrogen-bond donors (Lipinski definition) is 3. The van der Waals surface area contributed by atoms with Crippen molar-refractivity contribution in [3.63, 3.8) is 0 Å². The Kier molecular flexibility index (Phi) is 5.13. The minimum Gasteiger partial charge on any atom is -0.465 e. The number of nitrogens with two attached hydrogens (primary N) is 2. The van der Waals surface area contributed by atoms with E-state index in [2.05, 4.69) is 10.1 Å². The van der Waals surface area contributed by atoms with Crippen molar-refractivity contribution in [2.75, 3.05) is 24.7 Å². The third kappa shape index (κ3) is 3.74. The largest absolute Gasteiger partial charge is 0.465 e. The maximum Gasteiger partial charge on any atom is 0.337 e. The van der Waals surface area contributed by atoms with E-state index in [-0.39, 0.29) is 5.91 Å². The van der Waals surface area contributed by atoms with Gasteiger partial charge in [-0.1, -0.05) is 0 Å². The van der Waals surface area contributed by atoms with Gasteiger partial charge in [-0.2, -0.15) is 0 Å². The molecule has 0 saturated heterocycles. The third-order valence-corrected chi connectivity index (χ3v) is 2.36. The smallest absolute Gasteiger partial charge is 0.337 e. The Labute approximate surface area is 105 Å². The number of anilines is 2. The molecule has 0 fully saturated rings. The van der Waals surface area contributed by atoms with Crippen LogP contribution in [0.15, 0.2) is 18.2 Å². The monoisotopic (exact) mass is 251 g/mol. The van der Waals surface area contributed by atoms with Crippen LogP contribution in [0.25, 0.3) is 0 Å². The van der Waals surface area contributed by atoms with Gasteiger partial charge in [0.1, 0.15) is 0 Å². The Balaban J connectivity index is 2.81. The van der Waals surface area contributed by atoms with Gasteiger partial charge in [-0.3, -0.25) is 4.79 Å². The molecule has 1 rings (SSSR count). The normalized spacial score (nSPS) is 9.89. The predicted octanol–water partition coefficient (Wildman–Crippen LogP) is 0.733. The first-order valence-corrected chi connectivity index (χ1v) is 5.56. The van der Waals surface area contributed by atoms with Gasteiger partial charge in [0.25, 0.3) is 0 Å². The van der Waals surface area contributed by atoms with E-state index in [0.717, 1.165) is 0 Å². The lowest BCUT2D eigenvalue weighted by Gasteiger charge is -2.09. The highest BCUT2D eigenvalue weighted by Crippen LogP contribution is 2.20. The average Bonchev–Trinajstić information content (AvgIpc) is 2.38. The van der Waals surface area contributed by atoms with E-state index in [1.807, 2.05) is 0 Å². The number of amides is 1. The number of rotatable bonds is 5. The van der Waals surface area contributed by atoms with Crippen LogP contribution in [0.4, 0.5) is 11.4 Å². The summed E-state index contributed by atoms with van der Waals surface area (Å²) >= 11 is 0. The van der Waals surface area contributed by atoms with Gasteiger partial charge in [0.15, 0.2) is 0 Å². The van der Waals surface area contributed by atoms with Crippen molar-refractivity contribution in [1.29, 1.82) is 0 Å². The lowest BCUT2D eigenvalue weighted by Crippen LogP contribution is -2.15. The third-order valence-electron chi connectivity index (χ3n) is 2.36. The minimum absolute atomic E-state index is 0.186. The highest BCUT2D eigenvalue weighted by molar-refractivity contribution is 5.97. The summed E-state index contributed by atoms with van der Waals surface area (Å²) < 4.78 is 4.59. The lowest BCUT2D eigenvalue weighted by molar-refractivity contribution is -0.116. The average molecular weight is 251 g/mol. The maximum absolute atomic E-state index is 11.5. The van der Waals surface area contributed by atoms with Gasteiger partial charge in [-0.25, -0.2) is 4.79 Å². The van der Waals surface area contributed by atoms with E-state index in [0.29, 0.717) is 36.3 Å². The number of carbonyl (C=O) groups is 2. The molecular formula is C12H17N3O3. The van der Waals surface area contributed by atoms with Crippen molar-refractivity contribution in [3.8, 4) is 0 Å². The van der Waals surface area contributed by atoms with Crippen LogP contribution in [0.5, 0.6) is 0 Å². The topological polar surface area (TPSA) is 107 Å². The molecule has 0 spiro atoms. The Morgan fingerprint density at radius 2 is 2.11 bits per heavy atom. The number of carbonyl (C=O) groups excluding carboxylic acids is 2. The van der Waals surface area contributed by atoms with E-state index in [9.17, 15) is 9.59 Å². The van der Waals surface area contributed by atoms with Gasteiger partial charge in [0.05, 0.1) is 24.0 Å². The summed E-state index contributed by atoms with van der Waals surface area (Å²) in [5.41, 5.74) is 12.2. The first kappa shape index (κ1) is 14.0. The quantitative estimate of drug-likeness (QED) is 0.528. The molecule has 0 aliphatic rings. The van der Waals surface area contributed by atoms with Crippen molar-refractivity contribution in [1.82, 2.24) is 0 Å². The van der Waals surface area contributed by atoms with Gasteiger partial charge in [0.2, 0.25) is 5.91 Å². The molecular weight excluding hydrogens is 234 g/mol. The fraction of sp³-hybridized carbons (Fsp3) is 0.333. The highest BCUT2D eigenvalue weighted by atomic mass is 16.5. The van der Waals surface area contributed by atoms with Crippen LogP contribution < -0.4 is 16.8 Å². The van der Waals surface area contributed by atoms with Crippen LogP contribution in [0.1, 0.15) is 23.2 Å². The summed E-state index contributed by atoms with van der Waals surface area (Å²) in [6.07, 6.45) is 0.917. The van der Waals surface area contributed by atoms with Crippen molar-refractivity contribution in [3.05, 3.63) is 23.8 Å². The summed E-state index contributed by atoms with van der Waals surface area (Å²) in [6.45, 7) is 0.450. The highest BCUT2D eigenvalue weighted by Gasteiger charge is 2.10. The number of benzene rings is 1. The molecule has 0 unspecified atom stereocenters. The molecule has 0 atom stereocenters. The van der Waals surface area contributed by atoms with Gasteiger partial charge >= 0.3 is 5.97 Å². The molecule has 6 nitrogen and oxygen atoms in total. The van der Waals surface area contributed by atoms with E-state index in [4.69, 9.17) is 11.5 Å². The van der Waals surface area contributed by atoms with Crippen LogP contribution in [0, 0.1) is 0 Å². The second kappa shape index (κ2) is 6.61. The molecule has 0 radical (unpaired) electrons. The Morgan fingerprint density at radius 3 is 2.72 bits per heavy atom. The molecule has 1 amide bonds. The van der Waals surface area contributed by atoms with Crippen LogP contribution in [-0.4, -0.2) is 25.5 Å². The Bertz CT molecular complexity index is 446.